The maximum atomic E-state index is 12.7. The van der Waals surface area contributed by atoms with Crippen LogP contribution < -0.4 is 0 Å². The normalized spacial score (nSPS) is 16.7. The number of ether oxygens (including phenoxy) is 1. The summed E-state index contributed by atoms with van der Waals surface area (Å²) in [5.41, 5.74) is 1.82. The van der Waals surface area contributed by atoms with Crippen LogP contribution in [0.25, 0.3) is 5.52 Å². The molecule has 140 valence electrons. The van der Waals surface area contributed by atoms with E-state index in [2.05, 4.69) is 0 Å². The van der Waals surface area contributed by atoms with Crippen LogP contribution in [0.2, 0.25) is 5.02 Å². The maximum absolute atomic E-state index is 12.7. The van der Waals surface area contributed by atoms with Gasteiger partial charge >= 0.3 is 0 Å². The minimum Gasteiger partial charge on any atom is -0.390 e. The first-order chi connectivity index (χ1) is 12.5. The summed E-state index contributed by atoms with van der Waals surface area (Å²) in [6, 6.07) is 5.57. The van der Waals surface area contributed by atoms with E-state index in [4.69, 9.17) is 16.3 Å². The van der Waals surface area contributed by atoms with Gasteiger partial charge in [-0.3, -0.25) is 4.79 Å². The lowest BCUT2D eigenvalue weighted by Crippen LogP contribution is -2.23. The van der Waals surface area contributed by atoms with Gasteiger partial charge in [-0.25, -0.2) is 0 Å². The predicted octanol–water partition coefficient (Wildman–Crippen LogP) is 4.61. The standard InChI is InChI=1S/C21H26ClNO3/c1-26-14-9-16-15-17(20-18(22)7-6-13-23(16)20)19(24)8-2-3-10-21(25)11-4-5-12-21/h2,6-8,13,15,25H,3-5,9-12,14H2,1H3/b8-2+. The molecule has 0 spiro atoms. The van der Waals surface area contributed by atoms with Gasteiger partial charge in [0.15, 0.2) is 5.78 Å². The van der Waals surface area contributed by atoms with Crippen molar-refractivity contribution in [3.8, 4) is 0 Å². The molecule has 0 unspecified atom stereocenters. The number of carbonyl (C=O) groups is 1. The monoisotopic (exact) mass is 375 g/mol. The number of allylic oxidation sites excluding steroid dienone is 2. The van der Waals surface area contributed by atoms with Crippen molar-refractivity contribution in [2.24, 2.45) is 0 Å². The SMILES string of the molecule is COCCc1cc(C(=O)/C=C/CCC2(O)CCCC2)c2c(Cl)cccn12. The molecule has 1 saturated carbocycles. The molecule has 5 heteroatoms. The quantitative estimate of drug-likeness (QED) is 0.541. The number of ketones is 1. The van der Waals surface area contributed by atoms with Crippen LogP contribution in [-0.2, 0) is 11.2 Å². The second-order valence-electron chi connectivity index (χ2n) is 7.10. The summed E-state index contributed by atoms with van der Waals surface area (Å²) in [5.74, 6) is -0.0577. The van der Waals surface area contributed by atoms with E-state index in [-0.39, 0.29) is 5.78 Å². The third-order valence-electron chi connectivity index (χ3n) is 5.23. The van der Waals surface area contributed by atoms with Gasteiger partial charge in [-0.15, -0.1) is 0 Å². The Kier molecular flexibility index (Phi) is 6.17. The van der Waals surface area contributed by atoms with Crippen molar-refractivity contribution < 1.29 is 14.6 Å². The van der Waals surface area contributed by atoms with Gasteiger partial charge in [0.1, 0.15) is 0 Å². The Hall–Kier alpha value is -1.62. The van der Waals surface area contributed by atoms with Crippen LogP contribution in [0, 0.1) is 0 Å². The summed E-state index contributed by atoms with van der Waals surface area (Å²) in [6.07, 6.45) is 11.5. The van der Waals surface area contributed by atoms with Crippen molar-refractivity contribution in [3.63, 3.8) is 0 Å². The summed E-state index contributed by atoms with van der Waals surface area (Å²) in [6.45, 7) is 0.584. The second kappa shape index (κ2) is 8.38. The Morgan fingerprint density at radius 2 is 2.19 bits per heavy atom. The van der Waals surface area contributed by atoms with E-state index in [9.17, 15) is 9.90 Å². The number of methoxy groups -OCH3 is 1. The van der Waals surface area contributed by atoms with E-state index in [1.807, 2.05) is 28.8 Å². The van der Waals surface area contributed by atoms with Gasteiger partial charge in [0.05, 0.1) is 22.7 Å². The maximum Gasteiger partial charge on any atom is 0.187 e. The molecule has 0 atom stereocenters. The van der Waals surface area contributed by atoms with Gasteiger partial charge in [0.25, 0.3) is 0 Å². The van der Waals surface area contributed by atoms with Crippen LogP contribution in [0.5, 0.6) is 0 Å². The topological polar surface area (TPSA) is 50.9 Å². The van der Waals surface area contributed by atoms with E-state index in [1.54, 1.807) is 19.3 Å². The van der Waals surface area contributed by atoms with Crippen molar-refractivity contribution in [2.75, 3.05) is 13.7 Å². The first-order valence-electron chi connectivity index (χ1n) is 9.25. The third-order valence-corrected chi connectivity index (χ3v) is 5.53. The Labute approximate surface area is 159 Å². The Morgan fingerprint density at radius 1 is 1.42 bits per heavy atom. The molecule has 0 bridgehead atoms. The number of fused-ring (bicyclic) bond motifs is 1. The summed E-state index contributed by atoms with van der Waals surface area (Å²) < 4.78 is 7.13. The number of hydrogen-bond donors (Lipinski definition) is 1. The number of pyridine rings is 1. The Morgan fingerprint density at radius 3 is 2.92 bits per heavy atom. The van der Waals surface area contributed by atoms with Crippen LogP contribution in [0.15, 0.2) is 36.5 Å². The minimum absolute atomic E-state index is 0.0577. The molecular formula is C21H26ClNO3. The first-order valence-corrected chi connectivity index (χ1v) is 9.62. The molecule has 0 amide bonds. The largest absolute Gasteiger partial charge is 0.390 e. The van der Waals surface area contributed by atoms with Crippen LogP contribution in [0.1, 0.15) is 54.6 Å². The number of aliphatic hydroxyl groups is 1. The van der Waals surface area contributed by atoms with Crippen LogP contribution >= 0.6 is 11.6 Å². The lowest BCUT2D eigenvalue weighted by molar-refractivity contribution is 0.0398. The Balaban J connectivity index is 1.76. The summed E-state index contributed by atoms with van der Waals surface area (Å²) in [5, 5.41) is 10.9. The average Bonchev–Trinajstić information content (AvgIpc) is 3.22. The number of carbonyl (C=O) groups excluding carboxylic acids is 1. The number of aromatic nitrogens is 1. The van der Waals surface area contributed by atoms with Crippen molar-refractivity contribution >= 4 is 22.9 Å². The fourth-order valence-corrected chi connectivity index (χ4v) is 4.05. The molecular weight excluding hydrogens is 350 g/mol. The number of halogens is 1. The molecule has 0 aliphatic heterocycles. The van der Waals surface area contributed by atoms with Gasteiger partial charge in [-0.1, -0.05) is 30.5 Å². The van der Waals surface area contributed by atoms with Crippen LogP contribution in [-0.4, -0.2) is 34.6 Å². The smallest absolute Gasteiger partial charge is 0.187 e. The zero-order chi connectivity index (χ0) is 18.6. The van der Waals surface area contributed by atoms with E-state index in [0.29, 0.717) is 36.5 Å². The predicted molar refractivity (Wildman–Crippen MR) is 104 cm³/mol. The molecule has 2 aromatic heterocycles. The minimum atomic E-state index is -0.535. The van der Waals surface area contributed by atoms with Crippen LogP contribution in [0.4, 0.5) is 0 Å². The molecule has 26 heavy (non-hydrogen) atoms. The summed E-state index contributed by atoms with van der Waals surface area (Å²) >= 11 is 6.36. The molecule has 3 rings (SSSR count). The molecule has 0 radical (unpaired) electrons. The van der Waals surface area contributed by atoms with E-state index < -0.39 is 5.60 Å². The molecule has 0 saturated heterocycles. The molecule has 4 nitrogen and oxygen atoms in total. The molecule has 1 aliphatic rings. The zero-order valence-corrected chi connectivity index (χ0v) is 16.0. The van der Waals surface area contributed by atoms with Gasteiger partial charge < -0.3 is 14.2 Å². The van der Waals surface area contributed by atoms with Crippen molar-refractivity contribution in [2.45, 2.75) is 50.5 Å². The van der Waals surface area contributed by atoms with Crippen molar-refractivity contribution in [1.29, 1.82) is 0 Å². The fraction of sp³-hybridized carbons (Fsp3) is 0.476. The van der Waals surface area contributed by atoms with Crippen LogP contribution in [0.3, 0.4) is 0 Å². The second-order valence-corrected chi connectivity index (χ2v) is 7.51. The molecule has 1 fully saturated rings. The number of nitrogens with zero attached hydrogens (tertiary/aromatic N) is 1. The highest BCUT2D eigenvalue weighted by Gasteiger charge is 2.29. The highest BCUT2D eigenvalue weighted by molar-refractivity contribution is 6.35. The average molecular weight is 376 g/mol. The fourth-order valence-electron chi connectivity index (χ4n) is 3.79. The van der Waals surface area contributed by atoms with E-state index in [1.165, 1.54) is 0 Å². The molecule has 2 aromatic rings. The lowest BCUT2D eigenvalue weighted by Gasteiger charge is -2.20. The molecule has 1 N–H and O–H groups in total. The summed E-state index contributed by atoms with van der Waals surface area (Å²) in [7, 11) is 1.66. The third kappa shape index (κ3) is 4.20. The van der Waals surface area contributed by atoms with E-state index >= 15 is 0 Å². The van der Waals surface area contributed by atoms with Gasteiger partial charge in [0.2, 0.25) is 0 Å². The van der Waals surface area contributed by atoms with Gasteiger partial charge in [-0.2, -0.15) is 0 Å². The molecule has 0 aromatic carbocycles. The van der Waals surface area contributed by atoms with Crippen molar-refractivity contribution in [3.05, 3.63) is 52.8 Å². The lowest BCUT2D eigenvalue weighted by atomic mass is 9.96. The highest BCUT2D eigenvalue weighted by Crippen LogP contribution is 2.33. The summed E-state index contributed by atoms with van der Waals surface area (Å²) in [4.78, 5) is 12.7. The highest BCUT2D eigenvalue weighted by atomic mass is 35.5. The Bertz CT molecular complexity index is 803. The van der Waals surface area contributed by atoms with E-state index in [0.717, 1.165) is 36.9 Å². The van der Waals surface area contributed by atoms with Gasteiger partial charge in [0, 0.05) is 31.0 Å². The van der Waals surface area contributed by atoms with Crippen molar-refractivity contribution in [1.82, 2.24) is 4.40 Å². The van der Waals surface area contributed by atoms with Gasteiger partial charge in [-0.05, 0) is 50.0 Å². The number of rotatable bonds is 8. The molecule has 1 aliphatic carbocycles. The first kappa shape index (κ1) is 19.2. The molecule has 2 heterocycles. The number of hydrogen-bond acceptors (Lipinski definition) is 3. The zero-order valence-electron chi connectivity index (χ0n) is 15.2.